The number of ether oxygens (including phenoxy) is 1. The zero-order chi connectivity index (χ0) is 25.8. The average Bonchev–Trinajstić information content (AvgIpc) is 3.53. The van der Waals surface area contributed by atoms with Gasteiger partial charge in [0.1, 0.15) is 5.75 Å². The van der Waals surface area contributed by atoms with Crippen LogP contribution < -0.4 is 15.4 Å². The molecule has 0 saturated carbocycles. The third-order valence-corrected chi connectivity index (χ3v) is 6.88. The number of amides is 1. The minimum absolute atomic E-state index is 0.0603. The average molecular weight is 512 g/mol. The number of pyridine rings is 1. The minimum atomic E-state index is -0.173. The van der Waals surface area contributed by atoms with Crippen LogP contribution in [0.15, 0.2) is 91.3 Å². The summed E-state index contributed by atoms with van der Waals surface area (Å²) in [4.78, 5) is 19.5. The van der Waals surface area contributed by atoms with Crippen LogP contribution >= 0.6 is 12.2 Å². The van der Waals surface area contributed by atoms with Crippen LogP contribution in [-0.2, 0) is 4.79 Å². The van der Waals surface area contributed by atoms with Crippen LogP contribution in [0.3, 0.4) is 0 Å². The van der Waals surface area contributed by atoms with Gasteiger partial charge in [0.25, 0.3) is 0 Å². The highest BCUT2D eigenvalue weighted by atomic mass is 32.1. The summed E-state index contributed by atoms with van der Waals surface area (Å²) >= 11 is 5.79. The number of hydrogen-bond acceptors (Lipinski definition) is 4. The number of carbonyl (C=O) groups excluding carboxylic acids is 1. The van der Waals surface area contributed by atoms with Gasteiger partial charge < -0.3 is 24.8 Å². The standard InChI is InChI=1S/C29H29N5O2S/c1-20-11-13-21(14-12-20)31-26(35)15-18-34-28(27(32-29(34)37)24-9-3-4-16-30-24)25-10-6-17-33(25)22-7-5-8-23(19-22)36-2/h3-14,16-17,19,27-28H,15,18H2,1-2H3,(H,31,35)(H,32,37)/t27-,28+/m1/s1. The maximum Gasteiger partial charge on any atom is 0.226 e. The van der Waals surface area contributed by atoms with Crippen LogP contribution in [0.25, 0.3) is 5.69 Å². The van der Waals surface area contributed by atoms with Crippen LogP contribution in [0.5, 0.6) is 5.75 Å². The summed E-state index contributed by atoms with van der Waals surface area (Å²) in [6, 6.07) is 25.4. The molecule has 0 unspecified atom stereocenters. The van der Waals surface area contributed by atoms with Crippen LogP contribution in [-0.4, -0.2) is 39.1 Å². The molecule has 2 N–H and O–H groups in total. The molecule has 2 aromatic heterocycles. The van der Waals surface area contributed by atoms with Gasteiger partial charge in [-0.2, -0.15) is 0 Å². The van der Waals surface area contributed by atoms with Crippen LogP contribution in [0.4, 0.5) is 5.69 Å². The van der Waals surface area contributed by atoms with E-state index in [-0.39, 0.29) is 18.0 Å². The molecule has 3 heterocycles. The second kappa shape index (κ2) is 10.8. The summed E-state index contributed by atoms with van der Waals surface area (Å²) in [5.41, 5.74) is 4.84. The summed E-state index contributed by atoms with van der Waals surface area (Å²) in [7, 11) is 1.66. The number of nitrogens with zero attached hydrogens (tertiary/aromatic N) is 3. The van der Waals surface area contributed by atoms with Gasteiger partial charge in [0.2, 0.25) is 5.91 Å². The van der Waals surface area contributed by atoms with Crippen molar-refractivity contribution in [1.82, 2.24) is 19.8 Å². The van der Waals surface area contributed by atoms with E-state index in [9.17, 15) is 4.79 Å². The van der Waals surface area contributed by atoms with Crippen molar-refractivity contribution in [2.24, 2.45) is 0 Å². The molecule has 5 rings (SSSR count). The zero-order valence-corrected chi connectivity index (χ0v) is 21.6. The second-order valence-corrected chi connectivity index (χ2v) is 9.38. The Morgan fingerprint density at radius 1 is 1.08 bits per heavy atom. The predicted molar refractivity (Wildman–Crippen MR) is 149 cm³/mol. The fourth-order valence-electron chi connectivity index (χ4n) is 4.68. The van der Waals surface area contributed by atoms with Gasteiger partial charge in [0.05, 0.1) is 24.9 Å². The normalized spacial score (nSPS) is 16.9. The Morgan fingerprint density at radius 2 is 1.92 bits per heavy atom. The number of thiocarbonyl (C=S) groups is 1. The Morgan fingerprint density at radius 3 is 2.68 bits per heavy atom. The lowest BCUT2D eigenvalue weighted by molar-refractivity contribution is -0.116. The SMILES string of the molecule is COc1cccc(-n2cccc2[C@H]2[C@@H](c3ccccn3)NC(=S)N2CCC(=O)Nc2ccc(C)cc2)c1. The molecule has 0 aliphatic carbocycles. The molecule has 8 heteroatoms. The molecule has 1 aliphatic rings. The number of nitrogens with one attached hydrogen (secondary N) is 2. The number of anilines is 1. The monoisotopic (exact) mass is 511 g/mol. The van der Waals surface area contributed by atoms with E-state index in [2.05, 4.69) is 31.2 Å². The van der Waals surface area contributed by atoms with Crippen molar-refractivity contribution in [3.05, 3.63) is 108 Å². The van der Waals surface area contributed by atoms with Crippen molar-refractivity contribution in [3.8, 4) is 11.4 Å². The van der Waals surface area contributed by atoms with Crippen LogP contribution in [0, 0.1) is 6.92 Å². The van der Waals surface area contributed by atoms with Crippen molar-refractivity contribution in [3.63, 3.8) is 0 Å². The Hall–Kier alpha value is -4.17. The molecular formula is C29H29N5O2S. The van der Waals surface area contributed by atoms with Gasteiger partial charge in [0, 0.05) is 48.5 Å². The first-order chi connectivity index (χ1) is 18.0. The molecule has 0 radical (unpaired) electrons. The molecule has 0 spiro atoms. The van der Waals surface area contributed by atoms with Crippen LogP contribution in [0.1, 0.15) is 35.5 Å². The molecule has 1 amide bonds. The van der Waals surface area contributed by atoms with Gasteiger partial charge in [-0.25, -0.2) is 0 Å². The molecule has 188 valence electrons. The Bertz CT molecular complexity index is 1390. The molecule has 1 aliphatic heterocycles. The summed E-state index contributed by atoms with van der Waals surface area (Å²) in [6.07, 6.45) is 4.11. The van der Waals surface area contributed by atoms with Crippen molar-refractivity contribution in [2.75, 3.05) is 19.0 Å². The smallest absolute Gasteiger partial charge is 0.226 e. The summed E-state index contributed by atoms with van der Waals surface area (Å²) < 4.78 is 7.59. The topological polar surface area (TPSA) is 71.4 Å². The number of benzene rings is 2. The predicted octanol–water partition coefficient (Wildman–Crippen LogP) is 5.19. The molecule has 0 bridgehead atoms. The van der Waals surface area contributed by atoms with Gasteiger partial charge in [-0.05, 0) is 67.7 Å². The summed E-state index contributed by atoms with van der Waals surface area (Å²) in [5.74, 6) is 0.720. The first-order valence-electron chi connectivity index (χ1n) is 12.2. The van der Waals surface area contributed by atoms with Crippen molar-refractivity contribution in [2.45, 2.75) is 25.4 Å². The maximum atomic E-state index is 12.8. The number of hydrogen-bond donors (Lipinski definition) is 2. The van der Waals surface area contributed by atoms with Gasteiger partial charge >= 0.3 is 0 Å². The lowest BCUT2D eigenvalue weighted by atomic mass is 10.0. The summed E-state index contributed by atoms with van der Waals surface area (Å²) in [6.45, 7) is 2.48. The lowest BCUT2D eigenvalue weighted by Crippen LogP contribution is -2.33. The van der Waals surface area contributed by atoms with Crippen LogP contribution in [0.2, 0.25) is 0 Å². The number of rotatable bonds is 8. The van der Waals surface area contributed by atoms with E-state index in [1.165, 1.54) is 0 Å². The zero-order valence-electron chi connectivity index (χ0n) is 20.8. The molecule has 1 fully saturated rings. The fourth-order valence-corrected chi connectivity index (χ4v) is 5.01. The highest BCUT2D eigenvalue weighted by Crippen LogP contribution is 2.39. The molecule has 2 atom stereocenters. The van der Waals surface area contributed by atoms with Crippen molar-refractivity contribution < 1.29 is 9.53 Å². The van der Waals surface area contributed by atoms with Gasteiger partial charge in [0.15, 0.2) is 5.11 Å². The molecule has 37 heavy (non-hydrogen) atoms. The molecule has 1 saturated heterocycles. The van der Waals surface area contributed by atoms with E-state index in [0.717, 1.165) is 34.1 Å². The van der Waals surface area contributed by atoms with E-state index in [1.54, 1.807) is 13.3 Å². The highest BCUT2D eigenvalue weighted by molar-refractivity contribution is 7.80. The quantitative estimate of drug-likeness (QED) is 0.317. The molecular weight excluding hydrogens is 482 g/mol. The highest BCUT2D eigenvalue weighted by Gasteiger charge is 2.41. The van der Waals surface area contributed by atoms with Crippen molar-refractivity contribution >= 4 is 28.9 Å². The lowest BCUT2D eigenvalue weighted by Gasteiger charge is -2.29. The van der Waals surface area contributed by atoms with Gasteiger partial charge in [-0.1, -0.05) is 29.8 Å². The first kappa shape index (κ1) is 24.5. The van der Waals surface area contributed by atoms with Gasteiger partial charge in [-0.15, -0.1) is 0 Å². The van der Waals surface area contributed by atoms with E-state index in [0.29, 0.717) is 18.1 Å². The Labute approximate surface area is 222 Å². The van der Waals surface area contributed by atoms with Crippen molar-refractivity contribution in [1.29, 1.82) is 0 Å². The van der Waals surface area contributed by atoms with E-state index in [4.69, 9.17) is 17.0 Å². The third kappa shape index (κ3) is 5.34. The Balaban J connectivity index is 1.44. The summed E-state index contributed by atoms with van der Waals surface area (Å²) in [5, 5.41) is 7.05. The molecule has 4 aromatic rings. The second-order valence-electron chi connectivity index (χ2n) is 8.99. The molecule has 2 aromatic carbocycles. The number of carbonyl (C=O) groups is 1. The molecule has 7 nitrogen and oxygen atoms in total. The fraction of sp³-hybridized carbons (Fsp3) is 0.207. The first-order valence-corrected chi connectivity index (χ1v) is 12.6. The number of aromatic nitrogens is 2. The largest absolute Gasteiger partial charge is 0.497 e. The minimum Gasteiger partial charge on any atom is -0.497 e. The third-order valence-electron chi connectivity index (χ3n) is 6.53. The van der Waals surface area contributed by atoms with E-state index in [1.807, 2.05) is 85.9 Å². The van der Waals surface area contributed by atoms with Gasteiger partial charge in [-0.3, -0.25) is 9.78 Å². The van der Waals surface area contributed by atoms with E-state index >= 15 is 0 Å². The number of aryl methyl sites for hydroxylation is 1. The van der Waals surface area contributed by atoms with E-state index < -0.39 is 0 Å². The Kier molecular flexibility index (Phi) is 7.18. The maximum absolute atomic E-state index is 12.8. The number of methoxy groups -OCH3 is 1.